The Labute approximate surface area is 104 Å². The molecule has 1 unspecified atom stereocenters. The van der Waals surface area contributed by atoms with E-state index in [1.54, 1.807) is 0 Å². The minimum absolute atomic E-state index is 0.439. The van der Waals surface area contributed by atoms with Crippen molar-refractivity contribution in [1.82, 2.24) is 9.97 Å². The van der Waals surface area contributed by atoms with Gasteiger partial charge in [-0.2, -0.15) is 0 Å². The van der Waals surface area contributed by atoms with Gasteiger partial charge < -0.3 is 5.32 Å². The van der Waals surface area contributed by atoms with E-state index in [0.29, 0.717) is 6.04 Å². The van der Waals surface area contributed by atoms with Crippen molar-refractivity contribution >= 4 is 5.82 Å². The van der Waals surface area contributed by atoms with Crippen LogP contribution in [0.25, 0.3) is 0 Å². The van der Waals surface area contributed by atoms with Crippen LogP contribution in [-0.4, -0.2) is 16.0 Å². The summed E-state index contributed by atoms with van der Waals surface area (Å²) in [6, 6.07) is 2.48. The Morgan fingerprint density at radius 3 is 2.88 bits per heavy atom. The first kappa shape index (κ1) is 13.7. The van der Waals surface area contributed by atoms with Gasteiger partial charge in [-0.15, -0.1) is 6.58 Å². The molecule has 1 N–H and O–H groups in total. The van der Waals surface area contributed by atoms with Crippen LogP contribution in [0.3, 0.4) is 0 Å². The summed E-state index contributed by atoms with van der Waals surface area (Å²) in [6.45, 7) is 9.97. The molecule has 0 saturated heterocycles. The van der Waals surface area contributed by atoms with Crippen molar-refractivity contribution in [3.8, 4) is 0 Å². The van der Waals surface area contributed by atoms with E-state index < -0.39 is 0 Å². The van der Waals surface area contributed by atoms with Crippen LogP contribution < -0.4 is 5.32 Å². The number of aromatic nitrogens is 2. The fourth-order valence-corrected chi connectivity index (χ4v) is 1.78. The molecule has 0 spiro atoms. The second kappa shape index (κ2) is 7.05. The van der Waals surface area contributed by atoms with E-state index >= 15 is 0 Å². The molecule has 3 nitrogen and oxygen atoms in total. The molecule has 94 valence electrons. The molecule has 1 aromatic heterocycles. The van der Waals surface area contributed by atoms with Gasteiger partial charge in [0, 0.05) is 17.8 Å². The summed E-state index contributed by atoms with van der Waals surface area (Å²) in [5.41, 5.74) is 1.10. The summed E-state index contributed by atoms with van der Waals surface area (Å²) in [6.07, 6.45) is 6.30. The van der Waals surface area contributed by atoms with E-state index in [0.717, 1.165) is 36.6 Å². The van der Waals surface area contributed by atoms with E-state index in [4.69, 9.17) is 0 Å². The minimum Gasteiger partial charge on any atom is -0.368 e. The maximum absolute atomic E-state index is 4.41. The number of nitrogens with zero attached hydrogens (tertiary/aromatic N) is 2. The maximum atomic E-state index is 4.41. The molecule has 0 bridgehead atoms. The molecule has 1 aromatic rings. The third-order valence-corrected chi connectivity index (χ3v) is 2.69. The molecule has 1 heterocycles. The van der Waals surface area contributed by atoms with Gasteiger partial charge in [-0.1, -0.05) is 13.0 Å². The van der Waals surface area contributed by atoms with Crippen molar-refractivity contribution < 1.29 is 0 Å². The van der Waals surface area contributed by atoms with Gasteiger partial charge in [0.15, 0.2) is 0 Å². The van der Waals surface area contributed by atoms with Crippen LogP contribution in [0.5, 0.6) is 0 Å². The molecule has 0 aliphatic rings. The molecule has 0 aromatic carbocycles. The fraction of sp³-hybridized carbons (Fsp3) is 0.571. The minimum atomic E-state index is 0.439. The van der Waals surface area contributed by atoms with Crippen molar-refractivity contribution in [1.29, 1.82) is 0 Å². The molecule has 0 amide bonds. The van der Waals surface area contributed by atoms with Gasteiger partial charge in [0.05, 0.1) is 0 Å². The van der Waals surface area contributed by atoms with E-state index in [1.807, 2.05) is 19.1 Å². The second-order valence-corrected chi connectivity index (χ2v) is 4.41. The molecule has 17 heavy (non-hydrogen) atoms. The standard InChI is InChI=1S/C14H23N3/c1-5-7-8-9-11(3)15-14-10-13(6-2)16-12(4)17-14/h5,10-11H,1,6-9H2,2-4H3,(H,15,16,17). The fourth-order valence-electron chi connectivity index (χ4n) is 1.78. The third kappa shape index (κ3) is 4.98. The highest BCUT2D eigenvalue weighted by Crippen LogP contribution is 2.11. The molecular formula is C14H23N3. The van der Waals surface area contributed by atoms with Gasteiger partial charge in [-0.3, -0.25) is 0 Å². The third-order valence-electron chi connectivity index (χ3n) is 2.69. The predicted octanol–water partition coefficient (Wildman–Crippen LogP) is 3.50. The lowest BCUT2D eigenvalue weighted by Crippen LogP contribution is -2.16. The molecular weight excluding hydrogens is 210 g/mol. The SMILES string of the molecule is C=CCCCC(C)Nc1cc(CC)nc(C)n1. The monoisotopic (exact) mass is 233 g/mol. The highest BCUT2D eigenvalue weighted by atomic mass is 15.0. The number of rotatable bonds is 7. The average Bonchev–Trinajstić information content (AvgIpc) is 2.28. The highest BCUT2D eigenvalue weighted by Gasteiger charge is 2.04. The Bertz CT molecular complexity index is 360. The van der Waals surface area contributed by atoms with Crippen LogP contribution in [0.4, 0.5) is 5.82 Å². The lowest BCUT2D eigenvalue weighted by molar-refractivity contribution is 0.660. The van der Waals surface area contributed by atoms with Gasteiger partial charge in [-0.25, -0.2) is 9.97 Å². The van der Waals surface area contributed by atoms with Crippen LogP contribution in [0.2, 0.25) is 0 Å². The normalized spacial score (nSPS) is 12.2. The van der Waals surface area contributed by atoms with Crippen molar-refractivity contribution in [3.63, 3.8) is 0 Å². The van der Waals surface area contributed by atoms with Gasteiger partial charge in [0.1, 0.15) is 11.6 Å². The molecule has 0 aliphatic carbocycles. The predicted molar refractivity (Wildman–Crippen MR) is 73.3 cm³/mol. The van der Waals surface area contributed by atoms with Gasteiger partial charge in [-0.05, 0) is 39.5 Å². The summed E-state index contributed by atoms with van der Waals surface area (Å²) in [5.74, 6) is 1.78. The van der Waals surface area contributed by atoms with Crippen molar-refractivity contribution in [2.45, 2.75) is 52.5 Å². The van der Waals surface area contributed by atoms with Crippen LogP contribution in [0, 0.1) is 6.92 Å². The first-order valence-corrected chi connectivity index (χ1v) is 6.37. The van der Waals surface area contributed by atoms with Gasteiger partial charge in [0.25, 0.3) is 0 Å². The second-order valence-electron chi connectivity index (χ2n) is 4.41. The Kier molecular flexibility index (Phi) is 5.67. The highest BCUT2D eigenvalue weighted by molar-refractivity contribution is 5.36. The largest absolute Gasteiger partial charge is 0.368 e. The summed E-state index contributed by atoms with van der Waals surface area (Å²) >= 11 is 0. The van der Waals surface area contributed by atoms with Crippen molar-refractivity contribution in [2.24, 2.45) is 0 Å². The number of hydrogen-bond acceptors (Lipinski definition) is 3. The molecule has 1 atom stereocenters. The number of aryl methyl sites for hydroxylation is 2. The molecule has 3 heteroatoms. The lowest BCUT2D eigenvalue weighted by Gasteiger charge is -2.14. The quantitative estimate of drug-likeness (QED) is 0.578. The number of allylic oxidation sites excluding steroid dienone is 1. The number of nitrogens with one attached hydrogen (secondary N) is 1. The summed E-state index contributed by atoms with van der Waals surface area (Å²) < 4.78 is 0. The molecule has 0 fully saturated rings. The summed E-state index contributed by atoms with van der Waals surface area (Å²) in [5, 5.41) is 3.43. The van der Waals surface area contributed by atoms with Crippen molar-refractivity contribution in [3.05, 3.63) is 30.2 Å². The van der Waals surface area contributed by atoms with Crippen LogP contribution >= 0.6 is 0 Å². The lowest BCUT2D eigenvalue weighted by atomic mass is 10.1. The Morgan fingerprint density at radius 1 is 1.47 bits per heavy atom. The van der Waals surface area contributed by atoms with Gasteiger partial charge >= 0.3 is 0 Å². The Hall–Kier alpha value is -1.38. The molecule has 0 saturated carbocycles. The summed E-state index contributed by atoms with van der Waals surface area (Å²) in [4.78, 5) is 8.78. The first-order chi connectivity index (χ1) is 8.15. The maximum Gasteiger partial charge on any atom is 0.130 e. The molecule has 0 aliphatic heterocycles. The van der Waals surface area contributed by atoms with E-state index in [1.165, 1.54) is 6.42 Å². The zero-order chi connectivity index (χ0) is 12.7. The van der Waals surface area contributed by atoms with Gasteiger partial charge in [0.2, 0.25) is 0 Å². The Morgan fingerprint density at radius 2 is 2.24 bits per heavy atom. The topological polar surface area (TPSA) is 37.8 Å². The van der Waals surface area contributed by atoms with Crippen molar-refractivity contribution in [2.75, 3.05) is 5.32 Å². The number of anilines is 1. The molecule has 0 radical (unpaired) electrons. The number of unbranched alkanes of at least 4 members (excludes halogenated alkanes) is 1. The van der Waals surface area contributed by atoms with Crippen LogP contribution in [0.15, 0.2) is 18.7 Å². The Balaban J connectivity index is 2.54. The van der Waals surface area contributed by atoms with E-state index in [2.05, 4.69) is 35.7 Å². The van der Waals surface area contributed by atoms with E-state index in [-0.39, 0.29) is 0 Å². The average molecular weight is 233 g/mol. The molecule has 1 rings (SSSR count). The number of hydrogen-bond donors (Lipinski definition) is 1. The van der Waals surface area contributed by atoms with Crippen LogP contribution in [-0.2, 0) is 6.42 Å². The van der Waals surface area contributed by atoms with Crippen LogP contribution in [0.1, 0.15) is 44.6 Å². The zero-order valence-corrected chi connectivity index (χ0v) is 11.2. The zero-order valence-electron chi connectivity index (χ0n) is 11.2. The summed E-state index contributed by atoms with van der Waals surface area (Å²) in [7, 11) is 0. The first-order valence-electron chi connectivity index (χ1n) is 6.37. The smallest absolute Gasteiger partial charge is 0.130 e. The van der Waals surface area contributed by atoms with E-state index in [9.17, 15) is 0 Å².